The van der Waals surface area contributed by atoms with Crippen molar-refractivity contribution in [2.24, 2.45) is 5.73 Å². The average Bonchev–Trinajstić information content (AvgIpc) is 2.47. The van der Waals surface area contributed by atoms with Crippen LogP contribution >= 0.6 is 22.9 Å². The van der Waals surface area contributed by atoms with Gasteiger partial charge < -0.3 is 11.1 Å². The van der Waals surface area contributed by atoms with E-state index in [1.54, 1.807) is 0 Å². The van der Waals surface area contributed by atoms with Crippen molar-refractivity contribution in [2.75, 3.05) is 6.54 Å². The quantitative estimate of drug-likeness (QED) is 0.806. The zero-order valence-electron chi connectivity index (χ0n) is 7.21. The van der Waals surface area contributed by atoms with Crippen molar-refractivity contribution in [3.05, 3.63) is 21.3 Å². The lowest BCUT2D eigenvalue weighted by molar-refractivity contribution is -0.117. The van der Waals surface area contributed by atoms with Crippen LogP contribution in [0.5, 0.6) is 0 Å². The summed E-state index contributed by atoms with van der Waals surface area (Å²) in [6.07, 6.45) is 0. The van der Waals surface area contributed by atoms with Crippen LogP contribution in [0.4, 0.5) is 0 Å². The van der Waals surface area contributed by atoms with Crippen LogP contribution in [0.3, 0.4) is 0 Å². The number of carbonyl (C=O) groups excluding carboxylic acids is 1. The third-order valence-corrected chi connectivity index (χ3v) is 2.78. The Balaban J connectivity index is 2.48. The van der Waals surface area contributed by atoms with E-state index in [1.165, 1.54) is 11.3 Å². The summed E-state index contributed by atoms with van der Waals surface area (Å²) in [5.74, 6) is -0.354. The van der Waals surface area contributed by atoms with E-state index < -0.39 is 0 Å². The topological polar surface area (TPSA) is 55.1 Å². The summed E-state index contributed by atoms with van der Waals surface area (Å²) in [5, 5.41) is 4.94. The van der Waals surface area contributed by atoms with Gasteiger partial charge in [0.05, 0.1) is 10.9 Å². The Kier molecular flexibility index (Phi) is 3.71. The largest absolute Gasteiger partial charge is 0.369 e. The second kappa shape index (κ2) is 4.60. The summed E-state index contributed by atoms with van der Waals surface area (Å²) >= 11 is 7.24. The highest BCUT2D eigenvalue weighted by atomic mass is 35.5. The van der Waals surface area contributed by atoms with Gasteiger partial charge in [0.25, 0.3) is 0 Å². The molecule has 0 bridgehead atoms. The first-order chi connectivity index (χ1) is 6.09. The molecule has 0 fully saturated rings. The molecule has 1 unspecified atom stereocenters. The van der Waals surface area contributed by atoms with E-state index in [0.717, 1.165) is 9.90 Å². The molecule has 0 aliphatic carbocycles. The SMILES string of the molecule is CC(NCC(N)=O)c1csc(Cl)c1. The molecule has 1 aromatic heterocycles. The van der Waals surface area contributed by atoms with Crippen molar-refractivity contribution in [3.8, 4) is 0 Å². The van der Waals surface area contributed by atoms with Gasteiger partial charge in [-0.2, -0.15) is 0 Å². The van der Waals surface area contributed by atoms with E-state index in [-0.39, 0.29) is 18.5 Å². The van der Waals surface area contributed by atoms with E-state index in [4.69, 9.17) is 17.3 Å². The van der Waals surface area contributed by atoms with Gasteiger partial charge in [0.2, 0.25) is 5.91 Å². The van der Waals surface area contributed by atoms with Gasteiger partial charge in [0, 0.05) is 6.04 Å². The van der Waals surface area contributed by atoms with Crippen molar-refractivity contribution in [3.63, 3.8) is 0 Å². The third kappa shape index (κ3) is 3.34. The van der Waals surface area contributed by atoms with Crippen molar-refractivity contribution < 1.29 is 4.79 Å². The van der Waals surface area contributed by atoms with Gasteiger partial charge in [-0.05, 0) is 23.9 Å². The van der Waals surface area contributed by atoms with Crippen LogP contribution in [-0.2, 0) is 4.79 Å². The minimum atomic E-state index is -0.354. The van der Waals surface area contributed by atoms with Crippen LogP contribution in [0.2, 0.25) is 4.34 Å². The molecular formula is C8H11ClN2OS. The Labute approximate surface area is 85.9 Å². The number of primary amides is 1. The van der Waals surface area contributed by atoms with Crippen LogP contribution in [0.15, 0.2) is 11.4 Å². The molecule has 0 saturated heterocycles. The number of amides is 1. The van der Waals surface area contributed by atoms with Gasteiger partial charge in [-0.3, -0.25) is 4.79 Å². The number of carbonyl (C=O) groups is 1. The maximum atomic E-state index is 10.5. The molecule has 1 heterocycles. The Bertz CT molecular complexity index is 300. The summed E-state index contributed by atoms with van der Waals surface area (Å²) in [5.41, 5.74) is 6.08. The number of hydrogen-bond acceptors (Lipinski definition) is 3. The molecule has 0 spiro atoms. The minimum Gasteiger partial charge on any atom is -0.369 e. The number of thiophene rings is 1. The van der Waals surface area contributed by atoms with Gasteiger partial charge in [0.15, 0.2) is 0 Å². The van der Waals surface area contributed by atoms with Crippen molar-refractivity contribution in [1.29, 1.82) is 0 Å². The molecule has 1 atom stereocenters. The average molecular weight is 219 g/mol. The second-order valence-electron chi connectivity index (χ2n) is 2.75. The van der Waals surface area contributed by atoms with E-state index >= 15 is 0 Å². The smallest absolute Gasteiger partial charge is 0.231 e. The molecule has 13 heavy (non-hydrogen) atoms. The Hall–Kier alpha value is -0.580. The molecular weight excluding hydrogens is 208 g/mol. The monoisotopic (exact) mass is 218 g/mol. The number of nitrogens with one attached hydrogen (secondary N) is 1. The van der Waals surface area contributed by atoms with Gasteiger partial charge in [-0.1, -0.05) is 11.6 Å². The summed E-state index contributed by atoms with van der Waals surface area (Å²) in [4.78, 5) is 10.5. The molecule has 5 heteroatoms. The zero-order chi connectivity index (χ0) is 9.84. The molecule has 1 aromatic rings. The predicted octanol–water partition coefficient (Wildman–Crippen LogP) is 1.54. The first kappa shape index (κ1) is 10.5. The Morgan fingerprint density at radius 1 is 1.85 bits per heavy atom. The minimum absolute atomic E-state index is 0.108. The molecule has 1 amide bonds. The highest BCUT2D eigenvalue weighted by Gasteiger charge is 2.07. The van der Waals surface area contributed by atoms with Crippen LogP contribution < -0.4 is 11.1 Å². The van der Waals surface area contributed by atoms with Gasteiger partial charge in [-0.25, -0.2) is 0 Å². The van der Waals surface area contributed by atoms with E-state index in [9.17, 15) is 4.79 Å². The fraction of sp³-hybridized carbons (Fsp3) is 0.375. The molecule has 0 aliphatic heterocycles. The van der Waals surface area contributed by atoms with Crippen LogP contribution in [0.1, 0.15) is 18.5 Å². The number of halogens is 1. The maximum Gasteiger partial charge on any atom is 0.231 e. The first-order valence-corrected chi connectivity index (χ1v) is 5.11. The van der Waals surface area contributed by atoms with Crippen LogP contribution in [0, 0.1) is 0 Å². The summed E-state index contributed by atoms with van der Waals surface area (Å²) in [7, 11) is 0. The van der Waals surface area contributed by atoms with Crippen molar-refractivity contribution >= 4 is 28.8 Å². The number of hydrogen-bond donors (Lipinski definition) is 2. The van der Waals surface area contributed by atoms with Crippen molar-refractivity contribution in [2.45, 2.75) is 13.0 Å². The predicted molar refractivity (Wildman–Crippen MR) is 54.9 cm³/mol. The zero-order valence-corrected chi connectivity index (χ0v) is 8.78. The molecule has 3 nitrogen and oxygen atoms in total. The first-order valence-electron chi connectivity index (χ1n) is 3.85. The third-order valence-electron chi connectivity index (χ3n) is 1.67. The lowest BCUT2D eigenvalue weighted by Gasteiger charge is -2.09. The van der Waals surface area contributed by atoms with Gasteiger partial charge in [-0.15, -0.1) is 11.3 Å². The summed E-state index contributed by atoms with van der Waals surface area (Å²) < 4.78 is 0.753. The molecule has 0 aliphatic rings. The highest BCUT2D eigenvalue weighted by molar-refractivity contribution is 7.14. The molecule has 0 aromatic carbocycles. The number of rotatable bonds is 4. The fourth-order valence-corrected chi connectivity index (χ4v) is 1.91. The lowest BCUT2D eigenvalue weighted by atomic mass is 10.2. The second-order valence-corrected chi connectivity index (χ2v) is 4.30. The van der Waals surface area contributed by atoms with Gasteiger partial charge >= 0.3 is 0 Å². The van der Waals surface area contributed by atoms with Crippen LogP contribution in [-0.4, -0.2) is 12.5 Å². The Morgan fingerprint density at radius 2 is 2.54 bits per heavy atom. The van der Waals surface area contributed by atoms with Crippen molar-refractivity contribution in [1.82, 2.24) is 5.32 Å². The molecule has 0 radical (unpaired) electrons. The lowest BCUT2D eigenvalue weighted by Crippen LogP contribution is -2.30. The number of nitrogens with two attached hydrogens (primary N) is 1. The molecule has 0 saturated carbocycles. The van der Waals surface area contributed by atoms with E-state index in [2.05, 4.69) is 5.32 Å². The van der Waals surface area contributed by atoms with E-state index in [1.807, 2.05) is 18.4 Å². The van der Waals surface area contributed by atoms with E-state index in [0.29, 0.717) is 0 Å². The standard InChI is InChI=1S/C8H11ClN2OS/c1-5(11-3-8(10)12)6-2-7(9)13-4-6/h2,4-5,11H,3H2,1H3,(H2,10,12). The molecule has 3 N–H and O–H groups in total. The molecule has 72 valence electrons. The Morgan fingerprint density at radius 3 is 3.00 bits per heavy atom. The van der Waals surface area contributed by atoms with Crippen LogP contribution in [0.25, 0.3) is 0 Å². The van der Waals surface area contributed by atoms with Gasteiger partial charge in [0.1, 0.15) is 0 Å². The fourth-order valence-electron chi connectivity index (χ4n) is 0.922. The maximum absolute atomic E-state index is 10.5. The summed E-state index contributed by atoms with van der Waals surface area (Å²) in [6.45, 7) is 2.15. The highest BCUT2D eigenvalue weighted by Crippen LogP contribution is 2.24. The summed E-state index contributed by atoms with van der Waals surface area (Å²) in [6, 6.07) is 1.99. The molecule has 1 rings (SSSR count). The normalized spacial score (nSPS) is 12.8.